The van der Waals surface area contributed by atoms with Gasteiger partial charge in [0.1, 0.15) is 6.04 Å². The molecular formula is C22H28N4O3. The van der Waals surface area contributed by atoms with Crippen molar-refractivity contribution in [1.82, 2.24) is 20.9 Å². The van der Waals surface area contributed by atoms with Crippen LogP contribution >= 0.6 is 0 Å². The van der Waals surface area contributed by atoms with E-state index < -0.39 is 6.04 Å². The van der Waals surface area contributed by atoms with Gasteiger partial charge < -0.3 is 15.5 Å². The molecule has 7 nitrogen and oxygen atoms in total. The van der Waals surface area contributed by atoms with E-state index >= 15 is 0 Å². The molecule has 5 rings (SSSR count). The van der Waals surface area contributed by atoms with Gasteiger partial charge in [0.25, 0.3) is 5.91 Å². The molecule has 3 amide bonds. The highest BCUT2D eigenvalue weighted by atomic mass is 16.2. The lowest BCUT2D eigenvalue weighted by Crippen LogP contribution is -2.52. The Labute approximate surface area is 170 Å². The van der Waals surface area contributed by atoms with Gasteiger partial charge in [-0.3, -0.25) is 19.7 Å². The average molecular weight is 396 g/mol. The zero-order chi connectivity index (χ0) is 20.0. The Kier molecular flexibility index (Phi) is 4.87. The molecule has 0 aromatic heterocycles. The van der Waals surface area contributed by atoms with Crippen LogP contribution in [-0.4, -0.2) is 47.8 Å². The van der Waals surface area contributed by atoms with Gasteiger partial charge in [0, 0.05) is 37.7 Å². The summed E-state index contributed by atoms with van der Waals surface area (Å²) in [5.74, 6) is 1.00. The van der Waals surface area contributed by atoms with Gasteiger partial charge in [-0.2, -0.15) is 0 Å². The molecule has 0 spiro atoms. The van der Waals surface area contributed by atoms with E-state index in [0.717, 1.165) is 42.6 Å². The molecule has 2 saturated heterocycles. The number of rotatable bonds is 6. The molecular weight excluding hydrogens is 368 g/mol. The van der Waals surface area contributed by atoms with Crippen LogP contribution in [0.2, 0.25) is 0 Å². The summed E-state index contributed by atoms with van der Waals surface area (Å²) in [6.07, 6.45) is 4.75. The summed E-state index contributed by atoms with van der Waals surface area (Å²) in [4.78, 5) is 38.1. The summed E-state index contributed by atoms with van der Waals surface area (Å²) in [7, 11) is 0. The van der Waals surface area contributed by atoms with E-state index in [9.17, 15) is 14.4 Å². The lowest BCUT2D eigenvalue weighted by atomic mass is 9.95. The van der Waals surface area contributed by atoms with Gasteiger partial charge in [-0.05, 0) is 61.3 Å². The third-order valence-corrected chi connectivity index (χ3v) is 6.91. The van der Waals surface area contributed by atoms with Crippen LogP contribution in [0.25, 0.3) is 0 Å². The molecule has 1 saturated carbocycles. The Morgan fingerprint density at radius 3 is 2.76 bits per heavy atom. The van der Waals surface area contributed by atoms with E-state index in [1.54, 1.807) is 4.90 Å². The van der Waals surface area contributed by atoms with Gasteiger partial charge in [0.2, 0.25) is 11.8 Å². The first-order chi connectivity index (χ1) is 14.1. The van der Waals surface area contributed by atoms with Crippen LogP contribution in [0.15, 0.2) is 18.2 Å². The van der Waals surface area contributed by atoms with E-state index in [0.29, 0.717) is 24.6 Å². The first-order valence-electron chi connectivity index (χ1n) is 10.8. The SMILES string of the molecule is O=C1CCC(N2Cc3ccc(CNCC4NCCC4C4CC4)cc3C2=O)C(=O)N1. The largest absolute Gasteiger partial charge is 0.322 e. The molecule has 3 unspecified atom stereocenters. The molecule has 3 N–H and O–H groups in total. The monoisotopic (exact) mass is 396 g/mol. The first-order valence-corrected chi connectivity index (χ1v) is 10.8. The highest BCUT2D eigenvalue weighted by Gasteiger charge is 2.40. The Morgan fingerprint density at radius 1 is 1.10 bits per heavy atom. The van der Waals surface area contributed by atoms with Gasteiger partial charge in [-0.25, -0.2) is 0 Å². The van der Waals surface area contributed by atoms with Crippen molar-refractivity contribution in [3.8, 4) is 0 Å². The molecule has 4 aliphatic rings. The summed E-state index contributed by atoms with van der Waals surface area (Å²) in [5.41, 5.74) is 2.72. The van der Waals surface area contributed by atoms with Gasteiger partial charge in [0.05, 0.1) is 0 Å². The Bertz CT molecular complexity index is 850. The van der Waals surface area contributed by atoms with Crippen molar-refractivity contribution < 1.29 is 14.4 Å². The van der Waals surface area contributed by atoms with Crippen LogP contribution in [0.5, 0.6) is 0 Å². The van der Waals surface area contributed by atoms with Crippen molar-refractivity contribution in [2.24, 2.45) is 11.8 Å². The number of nitrogens with one attached hydrogen (secondary N) is 3. The summed E-state index contributed by atoms with van der Waals surface area (Å²) in [6, 6.07) is 6.02. The molecule has 7 heteroatoms. The number of hydrogen-bond acceptors (Lipinski definition) is 5. The van der Waals surface area contributed by atoms with Gasteiger partial charge in [0.15, 0.2) is 0 Å². The second-order valence-corrected chi connectivity index (χ2v) is 8.87. The Hall–Kier alpha value is -2.25. The van der Waals surface area contributed by atoms with Crippen molar-refractivity contribution in [2.75, 3.05) is 13.1 Å². The maximum Gasteiger partial charge on any atom is 0.255 e. The van der Waals surface area contributed by atoms with E-state index in [4.69, 9.17) is 0 Å². The fraction of sp³-hybridized carbons (Fsp3) is 0.591. The van der Waals surface area contributed by atoms with E-state index in [1.807, 2.05) is 12.1 Å². The molecule has 0 radical (unpaired) electrons. The second-order valence-electron chi connectivity index (χ2n) is 8.87. The van der Waals surface area contributed by atoms with Gasteiger partial charge in [-0.1, -0.05) is 12.1 Å². The molecule has 3 aliphatic heterocycles. The molecule has 3 heterocycles. The highest BCUT2D eigenvalue weighted by Crippen LogP contribution is 2.41. The van der Waals surface area contributed by atoms with Crippen LogP contribution in [-0.2, 0) is 22.7 Å². The van der Waals surface area contributed by atoms with Crippen molar-refractivity contribution >= 4 is 17.7 Å². The number of carbonyl (C=O) groups is 3. The summed E-state index contributed by atoms with van der Waals surface area (Å²) in [6.45, 7) is 3.24. The maximum atomic E-state index is 12.9. The zero-order valence-electron chi connectivity index (χ0n) is 16.6. The van der Waals surface area contributed by atoms with Gasteiger partial charge >= 0.3 is 0 Å². The number of nitrogens with zero attached hydrogens (tertiary/aromatic N) is 1. The van der Waals surface area contributed by atoms with Crippen LogP contribution < -0.4 is 16.0 Å². The minimum absolute atomic E-state index is 0.109. The number of hydrogen-bond donors (Lipinski definition) is 3. The smallest absolute Gasteiger partial charge is 0.255 e. The predicted octanol–water partition coefficient (Wildman–Crippen LogP) is 0.925. The highest BCUT2D eigenvalue weighted by molar-refractivity contribution is 6.05. The lowest BCUT2D eigenvalue weighted by molar-refractivity contribution is -0.136. The van der Waals surface area contributed by atoms with E-state index in [2.05, 4.69) is 22.0 Å². The average Bonchev–Trinajstić information content (AvgIpc) is 3.36. The predicted molar refractivity (Wildman–Crippen MR) is 107 cm³/mol. The van der Waals surface area contributed by atoms with Crippen LogP contribution in [0.4, 0.5) is 0 Å². The van der Waals surface area contributed by atoms with E-state index in [1.165, 1.54) is 19.3 Å². The molecule has 3 fully saturated rings. The number of fused-ring (bicyclic) bond motifs is 1. The lowest BCUT2D eigenvalue weighted by Gasteiger charge is -2.29. The van der Waals surface area contributed by atoms with Crippen LogP contribution in [0, 0.1) is 11.8 Å². The summed E-state index contributed by atoms with van der Waals surface area (Å²) < 4.78 is 0. The fourth-order valence-corrected chi connectivity index (χ4v) is 5.18. The number of imide groups is 1. The van der Waals surface area contributed by atoms with Crippen molar-refractivity contribution in [3.05, 3.63) is 34.9 Å². The third kappa shape index (κ3) is 3.69. The summed E-state index contributed by atoms with van der Waals surface area (Å²) >= 11 is 0. The Balaban J connectivity index is 1.20. The quantitative estimate of drug-likeness (QED) is 0.623. The number of amides is 3. The first kappa shape index (κ1) is 18.8. The van der Waals surface area contributed by atoms with Crippen molar-refractivity contribution in [1.29, 1.82) is 0 Å². The zero-order valence-corrected chi connectivity index (χ0v) is 16.6. The van der Waals surface area contributed by atoms with Gasteiger partial charge in [-0.15, -0.1) is 0 Å². The van der Waals surface area contributed by atoms with Crippen LogP contribution in [0.1, 0.15) is 53.6 Å². The topological polar surface area (TPSA) is 90.5 Å². The molecule has 1 aliphatic carbocycles. The number of benzene rings is 1. The molecule has 154 valence electrons. The van der Waals surface area contributed by atoms with Crippen LogP contribution in [0.3, 0.4) is 0 Å². The molecule has 0 bridgehead atoms. The molecule has 1 aromatic carbocycles. The number of piperidine rings is 1. The minimum atomic E-state index is -0.554. The molecule has 29 heavy (non-hydrogen) atoms. The second kappa shape index (κ2) is 7.54. The van der Waals surface area contributed by atoms with Crippen molar-refractivity contribution in [2.45, 2.75) is 57.3 Å². The fourth-order valence-electron chi connectivity index (χ4n) is 5.18. The Morgan fingerprint density at radius 2 is 1.97 bits per heavy atom. The summed E-state index contributed by atoms with van der Waals surface area (Å²) in [5, 5.41) is 9.53. The third-order valence-electron chi connectivity index (χ3n) is 6.91. The normalized spacial score (nSPS) is 29.3. The molecule has 1 aromatic rings. The van der Waals surface area contributed by atoms with Crippen molar-refractivity contribution in [3.63, 3.8) is 0 Å². The minimum Gasteiger partial charge on any atom is -0.322 e. The maximum absolute atomic E-state index is 12.9. The number of carbonyl (C=O) groups excluding carboxylic acids is 3. The van der Waals surface area contributed by atoms with E-state index in [-0.39, 0.29) is 24.1 Å². The molecule has 3 atom stereocenters. The standard InChI is InChI=1S/C22H28N4O3/c27-20-6-5-19(21(28)25-20)26-12-15-2-1-13(9-17(15)22(26)29)10-23-11-18-16(7-8-24-18)14-3-4-14/h1-2,9,14,16,18-19,23-24H,3-8,10-12H2,(H,25,27,28).